The van der Waals surface area contributed by atoms with Gasteiger partial charge in [-0.25, -0.2) is 0 Å². The number of aliphatic hydroxyl groups excluding tert-OH is 1. The van der Waals surface area contributed by atoms with Crippen molar-refractivity contribution < 1.29 is 9.90 Å². The number of aliphatic hydroxyl groups is 1. The minimum Gasteiger partial charge on any atom is -0.391 e. The topological polar surface area (TPSA) is 75.4 Å². The third-order valence-electron chi connectivity index (χ3n) is 3.35. The zero-order valence-corrected chi connectivity index (χ0v) is 12.8. The smallest absolute Gasteiger partial charge is 0.239 e. The summed E-state index contributed by atoms with van der Waals surface area (Å²) >= 11 is 0. The van der Waals surface area contributed by atoms with Crippen LogP contribution in [-0.4, -0.2) is 29.2 Å². The average molecular weight is 281 g/mol. The van der Waals surface area contributed by atoms with Crippen molar-refractivity contribution in [1.29, 1.82) is 0 Å². The van der Waals surface area contributed by atoms with Gasteiger partial charge in [-0.15, -0.1) is 12.4 Å². The number of hydrogen-bond acceptors (Lipinski definition) is 3. The fourth-order valence-corrected chi connectivity index (χ4v) is 2.03. The molecule has 0 bridgehead atoms. The second-order valence-corrected chi connectivity index (χ2v) is 5.02. The summed E-state index contributed by atoms with van der Waals surface area (Å²) in [5.41, 5.74) is 5.07. The Labute approximate surface area is 117 Å². The van der Waals surface area contributed by atoms with Crippen molar-refractivity contribution >= 4 is 18.3 Å². The number of hydrogen-bond donors (Lipinski definition) is 3. The molecule has 0 saturated heterocycles. The van der Waals surface area contributed by atoms with Gasteiger partial charge in [-0.3, -0.25) is 4.79 Å². The second-order valence-electron chi connectivity index (χ2n) is 5.02. The summed E-state index contributed by atoms with van der Waals surface area (Å²) in [4.78, 5) is 11.8. The molecular weight excluding hydrogens is 252 g/mol. The molecule has 110 valence electrons. The van der Waals surface area contributed by atoms with E-state index in [9.17, 15) is 9.90 Å². The minimum absolute atomic E-state index is 0. The monoisotopic (exact) mass is 280 g/mol. The molecule has 0 aliphatic heterocycles. The summed E-state index contributed by atoms with van der Waals surface area (Å²) in [6.07, 6.45) is 2.88. The van der Waals surface area contributed by atoms with Gasteiger partial charge in [0.1, 0.15) is 0 Å². The van der Waals surface area contributed by atoms with Gasteiger partial charge in [0, 0.05) is 6.54 Å². The van der Waals surface area contributed by atoms with E-state index in [1.54, 1.807) is 6.92 Å². The minimum atomic E-state index is -0.831. The normalized spacial score (nSPS) is 15.7. The van der Waals surface area contributed by atoms with Gasteiger partial charge < -0.3 is 16.2 Å². The van der Waals surface area contributed by atoms with Gasteiger partial charge in [0.05, 0.1) is 11.6 Å². The quantitative estimate of drug-likeness (QED) is 0.635. The number of nitrogens with two attached hydrogens (primary N) is 1. The van der Waals surface area contributed by atoms with Crippen LogP contribution in [0.25, 0.3) is 0 Å². The lowest BCUT2D eigenvalue weighted by molar-refractivity contribution is -0.126. The number of carbonyl (C=O) groups excluding carboxylic acids is 1. The first kappa shape index (κ1) is 20.0. The van der Waals surface area contributed by atoms with Crippen LogP contribution in [0.3, 0.4) is 0 Å². The Kier molecular flexibility index (Phi) is 10.7. The lowest BCUT2D eigenvalue weighted by atomic mass is 9.94. The lowest BCUT2D eigenvalue weighted by Gasteiger charge is -2.25. The molecule has 0 spiro atoms. The van der Waals surface area contributed by atoms with Gasteiger partial charge in [0.2, 0.25) is 5.91 Å². The second kappa shape index (κ2) is 9.59. The Hall–Kier alpha value is -0.320. The first-order valence-electron chi connectivity index (χ1n) is 6.64. The summed E-state index contributed by atoms with van der Waals surface area (Å²) < 4.78 is 0. The van der Waals surface area contributed by atoms with Crippen LogP contribution in [-0.2, 0) is 4.79 Å². The molecule has 2 atom stereocenters. The van der Waals surface area contributed by atoms with E-state index in [4.69, 9.17) is 5.73 Å². The molecule has 4 N–H and O–H groups in total. The Morgan fingerprint density at radius 3 is 2.22 bits per heavy atom. The molecule has 0 saturated carbocycles. The molecule has 0 aromatic carbocycles. The first-order chi connectivity index (χ1) is 7.88. The molecule has 0 fully saturated rings. The predicted molar refractivity (Wildman–Crippen MR) is 77.8 cm³/mol. The molecular formula is C13H29ClN2O2. The van der Waals surface area contributed by atoms with E-state index in [0.717, 1.165) is 19.3 Å². The summed E-state index contributed by atoms with van der Waals surface area (Å²) in [6, 6.07) is 0. The van der Waals surface area contributed by atoms with Crippen molar-refractivity contribution in [3.05, 3.63) is 0 Å². The highest BCUT2D eigenvalue weighted by atomic mass is 35.5. The highest BCUT2D eigenvalue weighted by Gasteiger charge is 2.27. The van der Waals surface area contributed by atoms with E-state index in [1.165, 1.54) is 0 Å². The molecule has 0 rings (SSSR count). The zero-order chi connectivity index (χ0) is 13.5. The van der Waals surface area contributed by atoms with Crippen LogP contribution in [0.1, 0.15) is 53.4 Å². The maximum atomic E-state index is 11.8. The third kappa shape index (κ3) is 6.57. The van der Waals surface area contributed by atoms with E-state index in [1.807, 2.05) is 20.8 Å². The molecule has 4 nitrogen and oxygen atoms in total. The number of rotatable bonds is 8. The SMILES string of the molecule is CCCC(C)(N)C(=O)NCC(O)C(CC)CC.Cl. The molecule has 5 heteroatoms. The molecule has 0 aliphatic rings. The Bertz CT molecular complexity index is 231. The van der Waals surface area contributed by atoms with Crippen LogP contribution in [0.5, 0.6) is 0 Å². The van der Waals surface area contributed by atoms with Gasteiger partial charge in [0.25, 0.3) is 0 Å². The summed E-state index contributed by atoms with van der Waals surface area (Å²) in [5.74, 6) is 0.0647. The van der Waals surface area contributed by atoms with E-state index in [0.29, 0.717) is 13.0 Å². The highest BCUT2D eigenvalue weighted by Crippen LogP contribution is 2.13. The van der Waals surface area contributed by atoms with Crippen molar-refractivity contribution in [2.45, 2.75) is 65.0 Å². The van der Waals surface area contributed by atoms with Crippen LogP contribution in [0.4, 0.5) is 0 Å². The van der Waals surface area contributed by atoms with E-state index < -0.39 is 11.6 Å². The highest BCUT2D eigenvalue weighted by molar-refractivity contribution is 5.85. The van der Waals surface area contributed by atoms with E-state index in [-0.39, 0.29) is 24.2 Å². The van der Waals surface area contributed by atoms with Crippen molar-refractivity contribution in [3.8, 4) is 0 Å². The van der Waals surface area contributed by atoms with Crippen molar-refractivity contribution in [2.75, 3.05) is 6.54 Å². The van der Waals surface area contributed by atoms with E-state index >= 15 is 0 Å². The molecule has 0 aromatic rings. The van der Waals surface area contributed by atoms with Crippen LogP contribution in [0, 0.1) is 5.92 Å². The van der Waals surface area contributed by atoms with E-state index in [2.05, 4.69) is 5.32 Å². The molecule has 0 radical (unpaired) electrons. The molecule has 0 aliphatic carbocycles. The van der Waals surface area contributed by atoms with Gasteiger partial charge in [0.15, 0.2) is 0 Å². The molecule has 0 aromatic heterocycles. The lowest BCUT2D eigenvalue weighted by Crippen LogP contribution is -2.53. The third-order valence-corrected chi connectivity index (χ3v) is 3.35. The maximum Gasteiger partial charge on any atom is 0.239 e. The molecule has 1 amide bonds. The number of carbonyl (C=O) groups is 1. The van der Waals surface area contributed by atoms with Crippen molar-refractivity contribution in [3.63, 3.8) is 0 Å². The Balaban J connectivity index is 0. The summed E-state index contributed by atoms with van der Waals surface area (Å²) in [7, 11) is 0. The van der Waals surface area contributed by atoms with Gasteiger partial charge in [-0.1, -0.05) is 40.0 Å². The number of halogens is 1. The van der Waals surface area contributed by atoms with Crippen LogP contribution >= 0.6 is 12.4 Å². The summed E-state index contributed by atoms with van der Waals surface area (Å²) in [6.45, 7) is 8.11. The van der Waals surface area contributed by atoms with Gasteiger partial charge in [-0.05, 0) is 19.3 Å². The van der Waals surface area contributed by atoms with Crippen LogP contribution in [0.2, 0.25) is 0 Å². The molecule has 2 unspecified atom stereocenters. The van der Waals surface area contributed by atoms with Crippen molar-refractivity contribution in [2.24, 2.45) is 11.7 Å². The van der Waals surface area contributed by atoms with Crippen LogP contribution < -0.4 is 11.1 Å². The standard InChI is InChI=1S/C13H28N2O2.ClH/c1-5-8-13(4,14)12(17)15-9-11(16)10(6-2)7-3;/h10-11,16H,5-9,14H2,1-4H3,(H,15,17);1H. The predicted octanol–water partition coefficient (Wildman–Crippen LogP) is 1.84. The molecule has 0 heterocycles. The molecule has 18 heavy (non-hydrogen) atoms. The largest absolute Gasteiger partial charge is 0.391 e. The zero-order valence-electron chi connectivity index (χ0n) is 12.0. The Morgan fingerprint density at radius 2 is 1.83 bits per heavy atom. The summed E-state index contributed by atoms with van der Waals surface area (Å²) in [5, 5.41) is 12.6. The van der Waals surface area contributed by atoms with Crippen molar-refractivity contribution in [1.82, 2.24) is 5.32 Å². The van der Waals surface area contributed by atoms with Gasteiger partial charge >= 0.3 is 0 Å². The number of amides is 1. The van der Waals surface area contributed by atoms with Gasteiger partial charge in [-0.2, -0.15) is 0 Å². The van der Waals surface area contributed by atoms with Crippen LogP contribution in [0.15, 0.2) is 0 Å². The average Bonchev–Trinajstić information content (AvgIpc) is 2.27. The maximum absolute atomic E-state index is 11.8. The first-order valence-corrected chi connectivity index (χ1v) is 6.64. The fraction of sp³-hybridized carbons (Fsp3) is 0.923. The fourth-order valence-electron chi connectivity index (χ4n) is 2.03. The Morgan fingerprint density at radius 1 is 1.33 bits per heavy atom. The number of nitrogens with one attached hydrogen (secondary N) is 1.